The van der Waals surface area contributed by atoms with Crippen LogP contribution in [-0.4, -0.2) is 11.5 Å². The minimum Gasteiger partial charge on any atom is -0.464 e. The van der Waals surface area contributed by atoms with Crippen molar-refractivity contribution in [1.82, 2.24) is 0 Å². The highest BCUT2D eigenvalue weighted by Crippen LogP contribution is 2.24. The van der Waals surface area contributed by atoms with Gasteiger partial charge >= 0.3 is 0 Å². The molecule has 2 nitrogen and oxygen atoms in total. The molecule has 0 aliphatic heterocycles. The fourth-order valence-electron chi connectivity index (χ4n) is 1.31. The standard InChI is InChI=1S/C10H8F2O2/c11-10(12)9(13)7-1-2-8-6(5-7)3-4-14-8/h1-5,9-10,13H. The molecule has 0 spiro atoms. The van der Waals surface area contributed by atoms with Gasteiger partial charge in [0.25, 0.3) is 6.43 Å². The number of rotatable bonds is 2. The van der Waals surface area contributed by atoms with Crippen molar-refractivity contribution in [2.24, 2.45) is 0 Å². The van der Waals surface area contributed by atoms with Crippen molar-refractivity contribution in [3.8, 4) is 0 Å². The zero-order chi connectivity index (χ0) is 10.1. The largest absolute Gasteiger partial charge is 0.464 e. The number of alkyl halides is 2. The molecule has 1 heterocycles. The van der Waals surface area contributed by atoms with Crippen molar-refractivity contribution in [3.63, 3.8) is 0 Å². The van der Waals surface area contributed by atoms with Gasteiger partial charge in [0.2, 0.25) is 0 Å². The normalized spacial score (nSPS) is 13.7. The highest BCUT2D eigenvalue weighted by molar-refractivity contribution is 5.77. The number of aliphatic hydroxyl groups is 1. The summed E-state index contributed by atoms with van der Waals surface area (Å²) in [6.45, 7) is 0. The van der Waals surface area contributed by atoms with Gasteiger partial charge in [0.15, 0.2) is 0 Å². The SMILES string of the molecule is OC(c1ccc2occc2c1)C(F)F. The lowest BCUT2D eigenvalue weighted by molar-refractivity contribution is -0.00571. The molecule has 1 atom stereocenters. The molecule has 0 bridgehead atoms. The molecule has 0 aliphatic carbocycles. The molecule has 74 valence electrons. The van der Waals surface area contributed by atoms with E-state index in [1.54, 1.807) is 12.1 Å². The highest BCUT2D eigenvalue weighted by atomic mass is 19.3. The van der Waals surface area contributed by atoms with E-state index in [9.17, 15) is 8.78 Å². The molecule has 0 aliphatic rings. The lowest BCUT2D eigenvalue weighted by Gasteiger charge is -2.08. The van der Waals surface area contributed by atoms with Gasteiger partial charge in [-0.1, -0.05) is 6.07 Å². The summed E-state index contributed by atoms with van der Waals surface area (Å²) >= 11 is 0. The van der Waals surface area contributed by atoms with E-state index in [-0.39, 0.29) is 5.56 Å². The van der Waals surface area contributed by atoms with Crippen LogP contribution in [0.3, 0.4) is 0 Å². The monoisotopic (exact) mass is 198 g/mol. The molecular formula is C10H8F2O2. The maximum absolute atomic E-state index is 12.2. The Morgan fingerprint density at radius 2 is 2.00 bits per heavy atom. The number of hydrogen-bond acceptors (Lipinski definition) is 2. The van der Waals surface area contributed by atoms with Crippen LogP contribution in [0.2, 0.25) is 0 Å². The first-order valence-corrected chi connectivity index (χ1v) is 4.12. The van der Waals surface area contributed by atoms with Gasteiger partial charge in [-0.05, 0) is 23.8 Å². The molecular weight excluding hydrogens is 190 g/mol. The van der Waals surface area contributed by atoms with Gasteiger partial charge < -0.3 is 9.52 Å². The first-order valence-electron chi connectivity index (χ1n) is 4.12. The smallest absolute Gasteiger partial charge is 0.268 e. The lowest BCUT2D eigenvalue weighted by Crippen LogP contribution is -2.07. The van der Waals surface area contributed by atoms with E-state index in [1.165, 1.54) is 18.4 Å². The summed E-state index contributed by atoms with van der Waals surface area (Å²) in [6, 6.07) is 6.16. The van der Waals surface area contributed by atoms with Crippen LogP contribution in [0.4, 0.5) is 8.78 Å². The number of benzene rings is 1. The molecule has 1 aromatic heterocycles. The molecule has 14 heavy (non-hydrogen) atoms. The maximum Gasteiger partial charge on any atom is 0.268 e. The van der Waals surface area contributed by atoms with E-state index < -0.39 is 12.5 Å². The maximum atomic E-state index is 12.2. The first-order chi connectivity index (χ1) is 6.68. The molecule has 1 N–H and O–H groups in total. The Bertz CT molecular complexity index is 436. The summed E-state index contributed by atoms with van der Waals surface area (Å²) in [6.07, 6.45) is -3.02. The summed E-state index contributed by atoms with van der Waals surface area (Å²) in [5.74, 6) is 0. The third-order valence-corrected chi connectivity index (χ3v) is 2.06. The molecule has 2 aromatic rings. The van der Waals surface area contributed by atoms with Crippen LogP contribution in [0.15, 0.2) is 34.9 Å². The Morgan fingerprint density at radius 3 is 2.71 bits per heavy atom. The second-order valence-corrected chi connectivity index (χ2v) is 3.00. The number of fused-ring (bicyclic) bond motifs is 1. The predicted octanol–water partition coefficient (Wildman–Crippen LogP) is 2.73. The molecule has 0 fully saturated rings. The Labute approximate surface area is 78.8 Å². The summed E-state index contributed by atoms with van der Waals surface area (Å²) in [5.41, 5.74) is 0.823. The van der Waals surface area contributed by atoms with Crippen LogP contribution < -0.4 is 0 Å². The minimum atomic E-state index is -2.76. The highest BCUT2D eigenvalue weighted by Gasteiger charge is 2.19. The second-order valence-electron chi connectivity index (χ2n) is 3.00. The average Bonchev–Trinajstić information content (AvgIpc) is 2.62. The molecule has 0 amide bonds. The topological polar surface area (TPSA) is 33.4 Å². The van der Waals surface area contributed by atoms with Crippen LogP contribution in [0, 0.1) is 0 Å². The van der Waals surface area contributed by atoms with E-state index in [1.807, 2.05) is 0 Å². The van der Waals surface area contributed by atoms with Crippen LogP contribution in [0.25, 0.3) is 11.0 Å². The second kappa shape index (κ2) is 3.38. The van der Waals surface area contributed by atoms with Gasteiger partial charge in [0.05, 0.1) is 6.26 Å². The minimum absolute atomic E-state index is 0.203. The van der Waals surface area contributed by atoms with Gasteiger partial charge in [0, 0.05) is 5.39 Å². The van der Waals surface area contributed by atoms with Crippen LogP contribution in [0.5, 0.6) is 0 Å². The van der Waals surface area contributed by atoms with Crippen molar-refractivity contribution in [2.45, 2.75) is 12.5 Å². The molecule has 0 saturated heterocycles. The van der Waals surface area contributed by atoms with E-state index in [0.717, 1.165) is 0 Å². The quantitative estimate of drug-likeness (QED) is 0.804. The lowest BCUT2D eigenvalue weighted by atomic mass is 10.1. The molecule has 4 heteroatoms. The summed E-state index contributed by atoms with van der Waals surface area (Å²) in [4.78, 5) is 0. The van der Waals surface area contributed by atoms with Crippen molar-refractivity contribution >= 4 is 11.0 Å². The third kappa shape index (κ3) is 1.48. The number of hydrogen-bond donors (Lipinski definition) is 1. The van der Waals surface area contributed by atoms with E-state index in [0.29, 0.717) is 11.0 Å². The van der Waals surface area contributed by atoms with Gasteiger partial charge in [-0.2, -0.15) is 0 Å². The fraction of sp³-hybridized carbons (Fsp3) is 0.200. The zero-order valence-electron chi connectivity index (χ0n) is 7.15. The van der Waals surface area contributed by atoms with E-state index >= 15 is 0 Å². The van der Waals surface area contributed by atoms with E-state index in [4.69, 9.17) is 9.52 Å². The van der Waals surface area contributed by atoms with Crippen LogP contribution >= 0.6 is 0 Å². The Morgan fingerprint density at radius 1 is 1.21 bits per heavy atom. The summed E-state index contributed by atoms with van der Waals surface area (Å²) < 4.78 is 29.4. The molecule has 1 unspecified atom stereocenters. The number of halogens is 2. The van der Waals surface area contributed by atoms with Crippen molar-refractivity contribution < 1.29 is 18.3 Å². The predicted molar refractivity (Wildman–Crippen MR) is 47.2 cm³/mol. The van der Waals surface area contributed by atoms with Gasteiger partial charge in [-0.25, -0.2) is 8.78 Å². The van der Waals surface area contributed by atoms with Crippen LogP contribution in [-0.2, 0) is 0 Å². The first kappa shape index (κ1) is 9.15. The number of aliphatic hydroxyl groups excluding tert-OH is 1. The third-order valence-electron chi connectivity index (χ3n) is 2.06. The van der Waals surface area contributed by atoms with Crippen molar-refractivity contribution in [2.75, 3.05) is 0 Å². The Hall–Kier alpha value is -1.42. The van der Waals surface area contributed by atoms with E-state index in [2.05, 4.69) is 0 Å². The van der Waals surface area contributed by atoms with Gasteiger partial charge in [0.1, 0.15) is 11.7 Å². The Balaban J connectivity index is 2.43. The van der Waals surface area contributed by atoms with Crippen molar-refractivity contribution in [3.05, 3.63) is 36.1 Å². The average molecular weight is 198 g/mol. The van der Waals surface area contributed by atoms with Gasteiger partial charge in [-0.15, -0.1) is 0 Å². The zero-order valence-corrected chi connectivity index (χ0v) is 7.15. The fourth-order valence-corrected chi connectivity index (χ4v) is 1.31. The molecule has 2 rings (SSSR count). The van der Waals surface area contributed by atoms with Crippen molar-refractivity contribution in [1.29, 1.82) is 0 Å². The summed E-state index contributed by atoms with van der Waals surface area (Å²) in [7, 11) is 0. The molecule has 0 saturated carbocycles. The summed E-state index contributed by atoms with van der Waals surface area (Å²) in [5, 5.41) is 9.82. The molecule has 1 aromatic carbocycles. The molecule has 0 radical (unpaired) electrons. The van der Waals surface area contributed by atoms with Gasteiger partial charge in [-0.3, -0.25) is 0 Å². The van der Waals surface area contributed by atoms with Crippen LogP contribution in [0.1, 0.15) is 11.7 Å². The Kier molecular flexibility index (Phi) is 2.21. The number of furan rings is 1.